The van der Waals surface area contributed by atoms with Crippen LogP contribution in [0, 0.1) is 0 Å². The van der Waals surface area contributed by atoms with E-state index < -0.39 is 0 Å². The molecule has 0 aliphatic rings. The SMILES string of the molecule is CSc1ncc(C(C)(C)C)s1. The highest BCUT2D eigenvalue weighted by Gasteiger charge is 2.16. The normalized spacial score (nSPS) is 12.0. The van der Waals surface area contributed by atoms with Crippen LogP contribution in [0.2, 0.25) is 0 Å². The van der Waals surface area contributed by atoms with Crippen molar-refractivity contribution in [2.45, 2.75) is 30.5 Å². The molecule has 1 aromatic heterocycles. The van der Waals surface area contributed by atoms with Gasteiger partial charge in [-0.3, -0.25) is 0 Å². The summed E-state index contributed by atoms with van der Waals surface area (Å²) < 4.78 is 1.16. The molecule has 3 heteroatoms. The van der Waals surface area contributed by atoms with Crippen molar-refractivity contribution >= 4 is 23.1 Å². The summed E-state index contributed by atoms with van der Waals surface area (Å²) in [5.41, 5.74) is 0.256. The highest BCUT2D eigenvalue weighted by Crippen LogP contribution is 2.30. The Balaban J connectivity index is 2.89. The van der Waals surface area contributed by atoms with Crippen LogP contribution in [0.3, 0.4) is 0 Å². The number of nitrogens with zero attached hydrogens (tertiary/aromatic N) is 1. The van der Waals surface area contributed by atoms with Crippen LogP contribution < -0.4 is 0 Å². The van der Waals surface area contributed by atoms with Gasteiger partial charge < -0.3 is 0 Å². The first kappa shape index (κ1) is 9.07. The van der Waals surface area contributed by atoms with E-state index in [1.165, 1.54) is 4.88 Å². The minimum Gasteiger partial charge on any atom is -0.238 e. The Morgan fingerprint density at radius 3 is 2.36 bits per heavy atom. The molecule has 1 nitrogen and oxygen atoms in total. The average molecular weight is 187 g/mol. The molecule has 0 fully saturated rings. The second kappa shape index (κ2) is 3.15. The molecule has 1 heterocycles. The number of aromatic nitrogens is 1. The molecular weight excluding hydrogens is 174 g/mol. The van der Waals surface area contributed by atoms with Crippen molar-refractivity contribution in [3.05, 3.63) is 11.1 Å². The highest BCUT2D eigenvalue weighted by molar-refractivity contribution is 8.00. The van der Waals surface area contributed by atoms with Crippen molar-refractivity contribution < 1.29 is 0 Å². The zero-order chi connectivity index (χ0) is 8.48. The summed E-state index contributed by atoms with van der Waals surface area (Å²) >= 11 is 3.50. The van der Waals surface area contributed by atoms with E-state index in [9.17, 15) is 0 Å². The molecule has 1 rings (SSSR count). The molecule has 0 aromatic carbocycles. The molecular formula is C8H13NS2. The van der Waals surface area contributed by atoms with Gasteiger partial charge in [0.15, 0.2) is 0 Å². The van der Waals surface area contributed by atoms with Gasteiger partial charge in [0.1, 0.15) is 4.34 Å². The van der Waals surface area contributed by atoms with Crippen LogP contribution in [0.1, 0.15) is 25.6 Å². The van der Waals surface area contributed by atoms with Gasteiger partial charge in [0.25, 0.3) is 0 Å². The van der Waals surface area contributed by atoms with E-state index in [1.807, 2.05) is 6.20 Å². The average Bonchev–Trinajstić information content (AvgIpc) is 2.32. The lowest BCUT2D eigenvalue weighted by atomic mass is 9.96. The molecule has 62 valence electrons. The molecule has 0 N–H and O–H groups in total. The van der Waals surface area contributed by atoms with Crippen molar-refractivity contribution in [3.8, 4) is 0 Å². The van der Waals surface area contributed by atoms with Crippen LogP contribution >= 0.6 is 23.1 Å². The van der Waals surface area contributed by atoms with Crippen molar-refractivity contribution in [1.29, 1.82) is 0 Å². The summed E-state index contributed by atoms with van der Waals surface area (Å²) in [6.45, 7) is 6.64. The van der Waals surface area contributed by atoms with Gasteiger partial charge in [-0.05, 0) is 11.7 Å². The lowest BCUT2D eigenvalue weighted by Crippen LogP contribution is -2.07. The number of thiazole rings is 1. The molecule has 0 unspecified atom stereocenters. The molecule has 1 aromatic rings. The molecule has 0 aliphatic carbocycles. The first-order valence-corrected chi connectivity index (χ1v) is 5.58. The molecule has 0 aliphatic heterocycles. The molecule has 0 saturated carbocycles. The van der Waals surface area contributed by atoms with E-state index >= 15 is 0 Å². The minimum atomic E-state index is 0.256. The summed E-state index contributed by atoms with van der Waals surface area (Å²) in [7, 11) is 0. The van der Waals surface area contributed by atoms with Crippen molar-refractivity contribution in [2.75, 3.05) is 6.26 Å². The smallest absolute Gasteiger partial charge is 0.149 e. The maximum Gasteiger partial charge on any atom is 0.149 e. The van der Waals surface area contributed by atoms with Crippen LogP contribution in [0.4, 0.5) is 0 Å². The molecule has 0 atom stereocenters. The van der Waals surface area contributed by atoms with Crippen LogP contribution in [0.25, 0.3) is 0 Å². The Morgan fingerprint density at radius 2 is 2.09 bits per heavy atom. The third-order valence-electron chi connectivity index (χ3n) is 1.40. The zero-order valence-corrected chi connectivity index (χ0v) is 8.97. The zero-order valence-electron chi connectivity index (χ0n) is 7.34. The van der Waals surface area contributed by atoms with E-state index in [2.05, 4.69) is 32.0 Å². The summed E-state index contributed by atoms with van der Waals surface area (Å²) in [5, 5.41) is 0. The Kier molecular flexibility index (Phi) is 2.60. The molecule has 0 radical (unpaired) electrons. The van der Waals surface area contributed by atoms with Crippen molar-refractivity contribution in [1.82, 2.24) is 4.98 Å². The maximum atomic E-state index is 4.28. The Bertz CT molecular complexity index is 234. The Hall–Kier alpha value is -0.0200. The number of hydrogen-bond donors (Lipinski definition) is 0. The van der Waals surface area contributed by atoms with Gasteiger partial charge in [-0.15, -0.1) is 11.3 Å². The predicted molar refractivity (Wildman–Crippen MR) is 52.6 cm³/mol. The van der Waals surface area contributed by atoms with Gasteiger partial charge in [0.05, 0.1) is 0 Å². The molecule has 0 spiro atoms. The third kappa shape index (κ3) is 2.20. The summed E-state index contributed by atoms with van der Waals surface area (Å²) in [4.78, 5) is 5.65. The lowest BCUT2D eigenvalue weighted by molar-refractivity contribution is 0.602. The van der Waals surface area contributed by atoms with E-state index in [0.717, 1.165) is 4.34 Å². The van der Waals surface area contributed by atoms with Crippen LogP contribution in [-0.2, 0) is 5.41 Å². The van der Waals surface area contributed by atoms with Crippen molar-refractivity contribution in [3.63, 3.8) is 0 Å². The van der Waals surface area contributed by atoms with Gasteiger partial charge in [0.2, 0.25) is 0 Å². The number of rotatable bonds is 1. The minimum absolute atomic E-state index is 0.256. The summed E-state index contributed by atoms with van der Waals surface area (Å²) in [5.74, 6) is 0. The van der Waals surface area contributed by atoms with Crippen LogP contribution in [0.15, 0.2) is 10.5 Å². The molecule has 11 heavy (non-hydrogen) atoms. The number of thioether (sulfide) groups is 1. The Labute approximate surface area is 76.2 Å². The second-order valence-corrected chi connectivity index (χ2v) is 5.53. The largest absolute Gasteiger partial charge is 0.238 e. The van der Waals surface area contributed by atoms with Crippen molar-refractivity contribution in [2.24, 2.45) is 0 Å². The van der Waals surface area contributed by atoms with Gasteiger partial charge in [-0.2, -0.15) is 0 Å². The summed E-state index contributed by atoms with van der Waals surface area (Å²) in [6, 6.07) is 0. The van der Waals surface area contributed by atoms with E-state index in [-0.39, 0.29) is 5.41 Å². The van der Waals surface area contributed by atoms with Gasteiger partial charge in [-0.1, -0.05) is 32.5 Å². The monoisotopic (exact) mass is 187 g/mol. The van der Waals surface area contributed by atoms with Crippen LogP contribution in [0.5, 0.6) is 0 Å². The van der Waals surface area contributed by atoms with Gasteiger partial charge >= 0.3 is 0 Å². The van der Waals surface area contributed by atoms with Gasteiger partial charge in [0, 0.05) is 11.1 Å². The first-order valence-electron chi connectivity index (χ1n) is 3.54. The van der Waals surface area contributed by atoms with E-state index in [1.54, 1.807) is 23.1 Å². The standard InChI is InChI=1S/C8H13NS2/c1-8(2,3)6-5-9-7(10-4)11-6/h5H,1-4H3. The fraction of sp³-hybridized carbons (Fsp3) is 0.625. The molecule has 0 amide bonds. The van der Waals surface area contributed by atoms with E-state index in [0.29, 0.717) is 0 Å². The fourth-order valence-corrected chi connectivity index (χ4v) is 2.17. The quantitative estimate of drug-likeness (QED) is 0.626. The topological polar surface area (TPSA) is 12.9 Å². The third-order valence-corrected chi connectivity index (χ3v) is 3.82. The fourth-order valence-electron chi connectivity index (χ4n) is 0.699. The summed E-state index contributed by atoms with van der Waals surface area (Å²) in [6.07, 6.45) is 4.04. The first-order chi connectivity index (χ1) is 5.04. The van der Waals surface area contributed by atoms with Crippen LogP contribution in [-0.4, -0.2) is 11.2 Å². The van der Waals surface area contributed by atoms with Gasteiger partial charge in [-0.25, -0.2) is 4.98 Å². The lowest BCUT2D eigenvalue weighted by Gasteiger charge is -2.14. The maximum absolute atomic E-state index is 4.28. The predicted octanol–water partition coefficient (Wildman–Crippen LogP) is 3.16. The number of hydrogen-bond acceptors (Lipinski definition) is 3. The molecule has 0 saturated heterocycles. The second-order valence-electron chi connectivity index (χ2n) is 3.44. The van der Waals surface area contributed by atoms with E-state index in [4.69, 9.17) is 0 Å². The highest BCUT2D eigenvalue weighted by atomic mass is 32.2. The Morgan fingerprint density at radius 1 is 1.45 bits per heavy atom. The molecule has 0 bridgehead atoms.